The molecule has 0 fully saturated rings. The summed E-state index contributed by atoms with van der Waals surface area (Å²) in [5, 5.41) is 13.1. The molecule has 0 atom stereocenters. The predicted molar refractivity (Wildman–Crippen MR) is 66.9 cm³/mol. The van der Waals surface area contributed by atoms with Gasteiger partial charge in [0.25, 0.3) is 5.91 Å². The number of rotatable bonds is 4. The van der Waals surface area contributed by atoms with E-state index in [0.29, 0.717) is 12.1 Å². The average Bonchev–Trinajstić information content (AvgIpc) is 2.80. The lowest BCUT2D eigenvalue weighted by atomic mass is 10.1. The Hall–Kier alpha value is -2.14. The van der Waals surface area contributed by atoms with Gasteiger partial charge < -0.3 is 10.8 Å². The van der Waals surface area contributed by atoms with Crippen molar-refractivity contribution in [3.05, 3.63) is 52.8 Å². The molecule has 1 heterocycles. The van der Waals surface area contributed by atoms with Crippen molar-refractivity contribution in [2.24, 2.45) is 5.73 Å². The SMILES string of the molecule is Cc1cc(CO)ccc1Cn1cc(C(N)=O)cn1. The van der Waals surface area contributed by atoms with Crippen molar-refractivity contribution in [2.75, 3.05) is 0 Å². The smallest absolute Gasteiger partial charge is 0.251 e. The van der Waals surface area contributed by atoms with Gasteiger partial charge in [0.2, 0.25) is 0 Å². The molecular weight excluding hydrogens is 230 g/mol. The number of hydrogen-bond acceptors (Lipinski definition) is 3. The second kappa shape index (κ2) is 5.01. The van der Waals surface area contributed by atoms with Gasteiger partial charge in [0, 0.05) is 6.20 Å². The number of nitrogens with zero attached hydrogens (tertiary/aromatic N) is 2. The van der Waals surface area contributed by atoms with Crippen LogP contribution in [0.25, 0.3) is 0 Å². The van der Waals surface area contributed by atoms with Gasteiger partial charge in [-0.3, -0.25) is 9.48 Å². The van der Waals surface area contributed by atoms with E-state index in [-0.39, 0.29) is 6.61 Å². The number of hydrogen-bond donors (Lipinski definition) is 2. The van der Waals surface area contributed by atoms with Crippen LogP contribution >= 0.6 is 0 Å². The highest BCUT2D eigenvalue weighted by Crippen LogP contribution is 2.13. The number of amides is 1. The monoisotopic (exact) mass is 245 g/mol. The van der Waals surface area contributed by atoms with Crippen LogP contribution in [0.2, 0.25) is 0 Å². The Morgan fingerprint density at radius 2 is 2.28 bits per heavy atom. The Balaban J connectivity index is 2.20. The lowest BCUT2D eigenvalue weighted by molar-refractivity contribution is 0.1000. The van der Waals surface area contributed by atoms with E-state index in [1.54, 1.807) is 10.9 Å². The van der Waals surface area contributed by atoms with Crippen molar-refractivity contribution < 1.29 is 9.90 Å². The number of aliphatic hydroxyl groups excluding tert-OH is 1. The first kappa shape index (κ1) is 12.3. The van der Waals surface area contributed by atoms with Gasteiger partial charge in [-0.15, -0.1) is 0 Å². The lowest BCUT2D eigenvalue weighted by Gasteiger charge is -2.07. The average molecular weight is 245 g/mol. The fraction of sp³-hybridized carbons (Fsp3) is 0.231. The first-order valence-corrected chi connectivity index (χ1v) is 5.61. The third-order valence-electron chi connectivity index (χ3n) is 2.84. The maximum absolute atomic E-state index is 11.0. The molecule has 5 nitrogen and oxygen atoms in total. The molecule has 0 saturated carbocycles. The molecule has 18 heavy (non-hydrogen) atoms. The highest BCUT2D eigenvalue weighted by Gasteiger charge is 2.06. The Morgan fingerprint density at radius 1 is 1.50 bits per heavy atom. The van der Waals surface area contributed by atoms with Crippen LogP contribution in [0.1, 0.15) is 27.0 Å². The topological polar surface area (TPSA) is 81.1 Å². The van der Waals surface area contributed by atoms with E-state index < -0.39 is 5.91 Å². The summed E-state index contributed by atoms with van der Waals surface area (Å²) in [5.41, 5.74) is 8.62. The molecule has 94 valence electrons. The maximum atomic E-state index is 11.0. The van der Waals surface area contributed by atoms with E-state index in [2.05, 4.69) is 5.10 Å². The summed E-state index contributed by atoms with van der Waals surface area (Å²) in [6.07, 6.45) is 3.08. The minimum absolute atomic E-state index is 0.0364. The van der Waals surface area contributed by atoms with Crippen LogP contribution in [0.4, 0.5) is 0 Å². The number of aliphatic hydroxyl groups is 1. The van der Waals surface area contributed by atoms with Gasteiger partial charge >= 0.3 is 0 Å². The second-order valence-corrected chi connectivity index (χ2v) is 4.21. The highest BCUT2D eigenvalue weighted by atomic mass is 16.3. The molecule has 1 aromatic carbocycles. The van der Waals surface area contributed by atoms with Crippen LogP contribution in [0.15, 0.2) is 30.6 Å². The van der Waals surface area contributed by atoms with Gasteiger partial charge in [-0.25, -0.2) is 0 Å². The van der Waals surface area contributed by atoms with Gasteiger partial charge in [-0.2, -0.15) is 5.10 Å². The fourth-order valence-corrected chi connectivity index (χ4v) is 1.79. The summed E-state index contributed by atoms with van der Waals surface area (Å²) in [4.78, 5) is 11.0. The molecule has 0 radical (unpaired) electrons. The van der Waals surface area contributed by atoms with Gasteiger partial charge in [0.05, 0.1) is 24.9 Å². The van der Waals surface area contributed by atoms with E-state index in [4.69, 9.17) is 10.8 Å². The van der Waals surface area contributed by atoms with E-state index in [9.17, 15) is 4.79 Å². The van der Waals surface area contributed by atoms with Crippen LogP contribution in [0.3, 0.4) is 0 Å². The number of primary amides is 1. The summed E-state index contributed by atoms with van der Waals surface area (Å²) in [6.45, 7) is 2.59. The van der Waals surface area contributed by atoms with Crippen molar-refractivity contribution in [1.29, 1.82) is 0 Å². The third kappa shape index (κ3) is 2.57. The summed E-state index contributed by atoms with van der Waals surface area (Å²) in [5.74, 6) is -0.478. The molecule has 0 saturated heterocycles. The Morgan fingerprint density at radius 3 is 2.83 bits per heavy atom. The zero-order valence-electron chi connectivity index (χ0n) is 10.1. The number of aryl methyl sites for hydroxylation is 1. The third-order valence-corrected chi connectivity index (χ3v) is 2.84. The van der Waals surface area contributed by atoms with Gasteiger partial charge in [0.15, 0.2) is 0 Å². The van der Waals surface area contributed by atoms with Crippen molar-refractivity contribution in [2.45, 2.75) is 20.1 Å². The molecule has 3 N–H and O–H groups in total. The molecule has 1 aromatic heterocycles. The number of benzene rings is 1. The van der Waals surface area contributed by atoms with Gasteiger partial charge in [0.1, 0.15) is 0 Å². The first-order chi connectivity index (χ1) is 8.60. The molecule has 1 amide bonds. The van der Waals surface area contributed by atoms with Crippen LogP contribution in [0.5, 0.6) is 0 Å². The second-order valence-electron chi connectivity index (χ2n) is 4.21. The summed E-state index contributed by atoms with van der Waals surface area (Å²) >= 11 is 0. The maximum Gasteiger partial charge on any atom is 0.251 e. The van der Waals surface area contributed by atoms with Crippen LogP contribution in [-0.2, 0) is 13.2 Å². The minimum Gasteiger partial charge on any atom is -0.392 e. The van der Waals surface area contributed by atoms with E-state index in [1.165, 1.54) is 6.20 Å². The summed E-state index contributed by atoms with van der Waals surface area (Å²) in [6, 6.07) is 5.77. The fourth-order valence-electron chi connectivity index (χ4n) is 1.79. The number of aromatic nitrogens is 2. The molecule has 0 unspecified atom stereocenters. The molecule has 2 rings (SSSR count). The highest BCUT2D eigenvalue weighted by molar-refractivity contribution is 5.92. The molecule has 0 spiro atoms. The normalized spacial score (nSPS) is 10.6. The summed E-state index contributed by atoms with van der Waals surface area (Å²) < 4.78 is 1.67. The van der Waals surface area contributed by atoms with Gasteiger partial charge in [-0.1, -0.05) is 18.2 Å². The summed E-state index contributed by atoms with van der Waals surface area (Å²) in [7, 11) is 0. The molecule has 0 aliphatic carbocycles. The first-order valence-electron chi connectivity index (χ1n) is 5.61. The zero-order chi connectivity index (χ0) is 13.1. The van der Waals surface area contributed by atoms with E-state index >= 15 is 0 Å². The number of carbonyl (C=O) groups is 1. The van der Waals surface area contributed by atoms with Crippen LogP contribution in [-0.4, -0.2) is 20.8 Å². The van der Waals surface area contributed by atoms with E-state index in [0.717, 1.165) is 16.7 Å². The molecule has 5 heteroatoms. The lowest BCUT2D eigenvalue weighted by Crippen LogP contribution is -2.09. The molecule has 0 aliphatic heterocycles. The van der Waals surface area contributed by atoms with Crippen molar-refractivity contribution in [1.82, 2.24) is 9.78 Å². The van der Waals surface area contributed by atoms with Gasteiger partial charge in [-0.05, 0) is 23.6 Å². The van der Waals surface area contributed by atoms with Crippen molar-refractivity contribution in [3.8, 4) is 0 Å². The standard InChI is InChI=1S/C13H15N3O2/c1-9-4-10(8-17)2-3-11(9)6-16-7-12(5-15-16)13(14)18/h2-5,7,17H,6,8H2,1H3,(H2,14,18). The number of nitrogens with two attached hydrogens (primary N) is 1. The van der Waals surface area contributed by atoms with Crippen LogP contribution in [0, 0.1) is 6.92 Å². The van der Waals surface area contributed by atoms with Crippen molar-refractivity contribution in [3.63, 3.8) is 0 Å². The van der Waals surface area contributed by atoms with E-state index in [1.807, 2.05) is 25.1 Å². The van der Waals surface area contributed by atoms with Crippen LogP contribution < -0.4 is 5.73 Å². The van der Waals surface area contributed by atoms with Crippen molar-refractivity contribution >= 4 is 5.91 Å². The molecule has 0 aliphatic rings. The Kier molecular flexibility index (Phi) is 3.43. The Labute approximate surface area is 105 Å². The zero-order valence-corrected chi connectivity index (χ0v) is 10.1. The molecule has 2 aromatic rings. The largest absolute Gasteiger partial charge is 0.392 e. The Bertz CT molecular complexity index is 575. The quantitative estimate of drug-likeness (QED) is 0.837. The predicted octanol–water partition coefficient (Wildman–Crippen LogP) is 0.831. The molecule has 0 bridgehead atoms. The minimum atomic E-state index is -0.478. The molecular formula is C13H15N3O2. The number of carbonyl (C=O) groups excluding carboxylic acids is 1.